The molecule has 7 heteroatoms. The zero-order valence-electron chi connectivity index (χ0n) is 17.1. The maximum atomic E-state index is 12.6. The number of amides is 2. The summed E-state index contributed by atoms with van der Waals surface area (Å²) in [5.74, 6) is 0. The third-order valence-electron chi connectivity index (χ3n) is 5.55. The van der Waals surface area contributed by atoms with Crippen LogP contribution in [0, 0.1) is 0 Å². The standard InChI is InChI=1S/C22H30N6O/c1-2-28-17-18(15-24-28)16-26-10-5-11-27(13-12-26)22(29)23-9-8-20-14-19-6-3-4-7-21(19)25-20/h3-4,6-7,14-15,17,25H,2,5,8-13,16H2,1H3,(H,23,29). The number of nitrogens with one attached hydrogen (secondary N) is 2. The van der Waals surface area contributed by atoms with E-state index >= 15 is 0 Å². The van der Waals surface area contributed by atoms with Gasteiger partial charge in [-0.05, 0) is 30.9 Å². The van der Waals surface area contributed by atoms with E-state index < -0.39 is 0 Å². The van der Waals surface area contributed by atoms with Crippen molar-refractivity contribution in [3.63, 3.8) is 0 Å². The van der Waals surface area contributed by atoms with Crippen LogP contribution in [0.5, 0.6) is 0 Å². The quantitative estimate of drug-likeness (QED) is 0.675. The number of aryl methyl sites for hydroxylation is 1. The van der Waals surface area contributed by atoms with E-state index in [0.717, 1.165) is 63.3 Å². The molecule has 0 atom stereocenters. The lowest BCUT2D eigenvalue weighted by atomic mass is 10.2. The van der Waals surface area contributed by atoms with E-state index in [1.807, 2.05) is 27.9 Å². The lowest BCUT2D eigenvalue weighted by Crippen LogP contribution is -2.42. The number of nitrogens with zero attached hydrogens (tertiary/aromatic N) is 4. The molecule has 1 aliphatic rings. The normalized spacial score (nSPS) is 15.6. The van der Waals surface area contributed by atoms with Crippen LogP contribution in [0.25, 0.3) is 10.9 Å². The molecule has 154 valence electrons. The third kappa shape index (κ3) is 4.98. The van der Waals surface area contributed by atoms with Gasteiger partial charge in [-0.3, -0.25) is 9.58 Å². The Morgan fingerprint density at radius 1 is 1.21 bits per heavy atom. The first-order chi connectivity index (χ1) is 14.2. The minimum atomic E-state index is 0.0433. The summed E-state index contributed by atoms with van der Waals surface area (Å²) < 4.78 is 1.96. The number of benzene rings is 1. The molecule has 2 amide bonds. The highest BCUT2D eigenvalue weighted by Gasteiger charge is 2.19. The maximum Gasteiger partial charge on any atom is 0.317 e. The number of carbonyl (C=O) groups excluding carboxylic acids is 1. The Balaban J connectivity index is 1.22. The number of carbonyl (C=O) groups is 1. The molecule has 29 heavy (non-hydrogen) atoms. The minimum Gasteiger partial charge on any atom is -0.358 e. The second kappa shape index (κ2) is 9.13. The zero-order chi connectivity index (χ0) is 20.1. The average molecular weight is 395 g/mol. The van der Waals surface area contributed by atoms with E-state index in [-0.39, 0.29) is 6.03 Å². The van der Waals surface area contributed by atoms with Crippen molar-refractivity contribution in [2.75, 3.05) is 32.7 Å². The predicted molar refractivity (Wildman–Crippen MR) is 115 cm³/mol. The predicted octanol–water partition coefficient (Wildman–Crippen LogP) is 2.84. The van der Waals surface area contributed by atoms with Gasteiger partial charge in [-0.15, -0.1) is 0 Å². The third-order valence-corrected chi connectivity index (χ3v) is 5.55. The van der Waals surface area contributed by atoms with Crippen LogP contribution in [0.1, 0.15) is 24.6 Å². The number of H-pyrrole nitrogens is 1. The lowest BCUT2D eigenvalue weighted by Gasteiger charge is -2.22. The molecular formula is C22H30N6O. The maximum absolute atomic E-state index is 12.6. The van der Waals surface area contributed by atoms with Gasteiger partial charge < -0.3 is 15.2 Å². The number of fused-ring (bicyclic) bond motifs is 1. The summed E-state index contributed by atoms with van der Waals surface area (Å²) in [4.78, 5) is 20.4. The molecule has 1 aliphatic heterocycles. The number of aromatic nitrogens is 3. The number of hydrogen-bond donors (Lipinski definition) is 2. The van der Waals surface area contributed by atoms with Crippen LogP contribution in [0.2, 0.25) is 0 Å². The first kappa shape index (κ1) is 19.5. The fourth-order valence-corrected chi connectivity index (χ4v) is 3.94. The monoisotopic (exact) mass is 394 g/mol. The van der Waals surface area contributed by atoms with Gasteiger partial charge in [-0.25, -0.2) is 4.79 Å². The molecule has 4 rings (SSSR count). The van der Waals surface area contributed by atoms with E-state index in [4.69, 9.17) is 0 Å². The molecule has 2 aromatic heterocycles. The summed E-state index contributed by atoms with van der Waals surface area (Å²) in [5.41, 5.74) is 3.54. The van der Waals surface area contributed by atoms with Gasteiger partial charge in [0.2, 0.25) is 0 Å². The Morgan fingerprint density at radius 3 is 2.93 bits per heavy atom. The number of aromatic amines is 1. The molecule has 0 bridgehead atoms. The first-order valence-electron chi connectivity index (χ1n) is 10.5. The van der Waals surface area contributed by atoms with Crippen molar-refractivity contribution >= 4 is 16.9 Å². The lowest BCUT2D eigenvalue weighted by molar-refractivity contribution is 0.198. The average Bonchev–Trinajstić information content (AvgIpc) is 3.28. The number of para-hydroxylation sites is 1. The van der Waals surface area contributed by atoms with Crippen molar-refractivity contribution < 1.29 is 4.79 Å². The van der Waals surface area contributed by atoms with E-state index in [0.29, 0.717) is 6.54 Å². The molecule has 7 nitrogen and oxygen atoms in total. The molecule has 0 unspecified atom stereocenters. The molecule has 2 N–H and O–H groups in total. The molecule has 0 radical (unpaired) electrons. The van der Waals surface area contributed by atoms with Gasteiger partial charge in [0, 0.05) is 75.2 Å². The van der Waals surface area contributed by atoms with Crippen molar-refractivity contribution in [1.29, 1.82) is 0 Å². The van der Waals surface area contributed by atoms with Gasteiger partial charge in [0.05, 0.1) is 6.20 Å². The van der Waals surface area contributed by atoms with Gasteiger partial charge in [-0.1, -0.05) is 18.2 Å². The second-order valence-corrected chi connectivity index (χ2v) is 7.68. The van der Waals surface area contributed by atoms with E-state index in [2.05, 4.69) is 51.6 Å². The molecule has 0 saturated carbocycles. The number of urea groups is 1. The number of hydrogen-bond acceptors (Lipinski definition) is 3. The van der Waals surface area contributed by atoms with Crippen molar-refractivity contribution in [3.05, 3.63) is 54.0 Å². The Kier molecular flexibility index (Phi) is 6.14. The van der Waals surface area contributed by atoms with Gasteiger partial charge in [0.25, 0.3) is 0 Å². The van der Waals surface area contributed by atoms with Crippen LogP contribution in [-0.4, -0.2) is 63.3 Å². The molecule has 0 aliphatic carbocycles. The highest BCUT2D eigenvalue weighted by Crippen LogP contribution is 2.14. The van der Waals surface area contributed by atoms with Gasteiger partial charge in [0.15, 0.2) is 0 Å². The molecular weight excluding hydrogens is 364 g/mol. The van der Waals surface area contributed by atoms with Crippen molar-refractivity contribution in [1.82, 2.24) is 29.9 Å². The minimum absolute atomic E-state index is 0.0433. The summed E-state index contributed by atoms with van der Waals surface area (Å²) in [6, 6.07) is 10.5. The van der Waals surface area contributed by atoms with Gasteiger partial charge >= 0.3 is 6.03 Å². The molecule has 3 heterocycles. The molecule has 0 spiro atoms. The zero-order valence-corrected chi connectivity index (χ0v) is 17.1. The Labute approximate surface area is 171 Å². The summed E-state index contributed by atoms with van der Waals surface area (Å²) >= 11 is 0. The Bertz CT molecular complexity index is 913. The summed E-state index contributed by atoms with van der Waals surface area (Å²) in [5, 5.41) is 8.65. The smallest absolute Gasteiger partial charge is 0.317 e. The van der Waals surface area contributed by atoms with Crippen LogP contribution in [-0.2, 0) is 19.5 Å². The molecule has 1 aromatic carbocycles. The number of rotatable bonds is 6. The van der Waals surface area contributed by atoms with Gasteiger partial charge in [-0.2, -0.15) is 5.10 Å². The first-order valence-corrected chi connectivity index (χ1v) is 10.5. The van der Waals surface area contributed by atoms with E-state index in [9.17, 15) is 4.79 Å². The van der Waals surface area contributed by atoms with Crippen LogP contribution in [0.3, 0.4) is 0 Å². The summed E-state index contributed by atoms with van der Waals surface area (Å²) in [6.45, 7) is 8.01. The molecule has 1 fully saturated rings. The summed E-state index contributed by atoms with van der Waals surface area (Å²) in [6.07, 6.45) is 5.86. The van der Waals surface area contributed by atoms with E-state index in [1.165, 1.54) is 10.9 Å². The second-order valence-electron chi connectivity index (χ2n) is 7.68. The fourth-order valence-electron chi connectivity index (χ4n) is 3.94. The van der Waals surface area contributed by atoms with Crippen LogP contribution in [0.4, 0.5) is 4.79 Å². The highest BCUT2D eigenvalue weighted by molar-refractivity contribution is 5.80. The van der Waals surface area contributed by atoms with Crippen molar-refractivity contribution in [2.24, 2.45) is 0 Å². The van der Waals surface area contributed by atoms with Gasteiger partial charge in [0.1, 0.15) is 0 Å². The largest absolute Gasteiger partial charge is 0.358 e. The van der Waals surface area contributed by atoms with Crippen molar-refractivity contribution in [2.45, 2.75) is 32.9 Å². The topological polar surface area (TPSA) is 69.2 Å². The molecule has 1 saturated heterocycles. The SMILES string of the molecule is CCn1cc(CN2CCCN(C(=O)NCCc3cc4ccccc4[nH]3)CC2)cn1. The Hall–Kier alpha value is -2.80. The summed E-state index contributed by atoms with van der Waals surface area (Å²) in [7, 11) is 0. The fraction of sp³-hybridized carbons (Fsp3) is 0.455. The highest BCUT2D eigenvalue weighted by atomic mass is 16.2. The Morgan fingerprint density at radius 2 is 2.10 bits per heavy atom. The van der Waals surface area contributed by atoms with E-state index in [1.54, 1.807) is 0 Å². The van der Waals surface area contributed by atoms with Crippen molar-refractivity contribution in [3.8, 4) is 0 Å². The molecule has 3 aromatic rings. The van der Waals surface area contributed by atoms with Crippen LogP contribution < -0.4 is 5.32 Å². The van der Waals surface area contributed by atoms with Crippen LogP contribution >= 0.6 is 0 Å². The van der Waals surface area contributed by atoms with Crippen LogP contribution in [0.15, 0.2) is 42.7 Å².